The molecule has 0 bridgehead atoms. The second-order valence-electron chi connectivity index (χ2n) is 5.89. The second kappa shape index (κ2) is 6.02. The number of hydrogen-bond donors (Lipinski definition) is 1. The molecule has 3 heterocycles. The lowest BCUT2D eigenvalue weighted by Crippen LogP contribution is -2.44. The van der Waals surface area contributed by atoms with E-state index in [2.05, 4.69) is 9.97 Å². The van der Waals surface area contributed by atoms with Crippen molar-refractivity contribution in [2.24, 2.45) is 0 Å². The van der Waals surface area contributed by atoms with Crippen molar-refractivity contribution in [3.05, 3.63) is 23.8 Å². The maximum absolute atomic E-state index is 11.7. The van der Waals surface area contributed by atoms with Gasteiger partial charge in [0.25, 0.3) is 0 Å². The van der Waals surface area contributed by atoms with Gasteiger partial charge < -0.3 is 14.7 Å². The van der Waals surface area contributed by atoms with Crippen molar-refractivity contribution in [2.45, 2.75) is 18.7 Å². The lowest BCUT2D eigenvalue weighted by molar-refractivity contribution is 0.0693. The molecule has 1 unspecified atom stereocenters. The maximum Gasteiger partial charge on any atom is 0.358 e. The third-order valence-electron chi connectivity index (χ3n) is 3.84. The molecule has 1 saturated heterocycles. The summed E-state index contributed by atoms with van der Waals surface area (Å²) in [5.41, 5.74) is 0.362. The van der Waals surface area contributed by atoms with Crippen LogP contribution in [0.3, 0.4) is 0 Å². The first kappa shape index (κ1) is 16.7. The Balaban J connectivity index is 2.18. The van der Waals surface area contributed by atoms with Gasteiger partial charge in [-0.3, -0.25) is 4.40 Å². The Morgan fingerprint density at radius 2 is 2.25 bits per heavy atom. The predicted octanol–water partition coefficient (Wildman–Crippen LogP) is 0.197. The van der Waals surface area contributed by atoms with Crippen LogP contribution in [0, 0.1) is 0 Å². The number of aromatic nitrogens is 3. The van der Waals surface area contributed by atoms with Crippen LogP contribution in [0.4, 0.5) is 5.82 Å². The molecular formula is C14H18N4O5S. The van der Waals surface area contributed by atoms with E-state index < -0.39 is 15.8 Å². The first-order valence-electron chi connectivity index (χ1n) is 7.38. The Labute approximate surface area is 138 Å². The van der Waals surface area contributed by atoms with E-state index in [-0.39, 0.29) is 23.1 Å². The van der Waals surface area contributed by atoms with Gasteiger partial charge >= 0.3 is 5.97 Å². The van der Waals surface area contributed by atoms with E-state index in [1.807, 2.05) is 11.8 Å². The summed E-state index contributed by atoms with van der Waals surface area (Å²) >= 11 is 0. The van der Waals surface area contributed by atoms with Gasteiger partial charge in [0.1, 0.15) is 12.1 Å². The molecule has 1 atom stereocenters. The molecule has 0 aliphatic carbocycles. The summed E-state index contributed by atoms with van der Waals surface area (Å²) in [5, 5.41) is 9.28. The van der Waals surface area contributed by atoms with Gasteiger partial charge in [-0.05, 0) is 6.92 Å². The van der Waals surface area contributed by atoms with Gasteiger partial charge in [0.15, 0.2) is 21.2 Å². The zero-order valence-corrected chi connectivity index (χ0v) is 14.2. The molecule has 24 heavy (non-hydrogen) atoms. The number of aromatic carboxylic acids is 1. The number of carbonyl (C=O) groups is 1. The van der Waals surface area contributed by atoms with E-state index in [0.717, 1.165) is 6.26 Å². The van der Waals surface area contributed by atoms with E-state index in [0.29, 0.717) is 31.3 Å². The van der Waals surface area contributed by atoms with Crippen LogP contribution in [-0.2, 0) is 20.3 Å². The number of hydrogen-bond acceptors (Lipinski definition) is 7. The summed E-state index contributed by atoms with van der Waals surface area (Å²) < 4.78 is 30.3. The predicted molar refractivity (Wildman–Crippen MR) is 86.1 cm³/mol. The molecule has 1 fully saturated rings. The minimum absolute atomic E-state index is 0.0518. The average molecular weight is 354 g/mol. The number of fused-ring (bicyclic) bond motifs is 1. The highest BCUT2D eigenvalue weighted by Gasteiger charge is 2.24. The molecule has 0 aromatic carbocycles. The van der Waals surface area contributed by atoms with Gasteiger partial charge in [-0.25, -0.2) is 23.2 Å². The fraction of sp³-hybridized carbons (Fsp3) is 0.500. The Bertz CT molecular complexity index is 892. The van der Waals surface area contributed by atoms with E-state index >= 15 is 0 Å². The van der Waals surface area contributed by atoms with Crippen molar-refractivity contribution in [3.8, 4) is 0 Å². The number of sulfone groups is 1. The molecule has 130 valence electrons. The van der Waals surface area contributed by atoms with Crippen molar-refractivity contribution in [2.75, 3.05) is 30.9 Å². The molecule has 0 spiro atoms. The number of rotatable bonds is 4. The number of imidazole rings is 1. The molecule has 0 amide bonds. The Morgan fingerprint density at radius 1 is 1.50 bits per heavy atom. The molecule has 9 nitrogen and oxygen atoms in total. The second-order valence-corrected chi connectivity index (χ2v) is 8.03. The lowest BCUT2D eigenvalue weighted by atomic mass is 10.2. The highest BCUT2D eigenvalue weighted by molar-refractivity contribution is 7.89. The Hall–Kier alpha value is -2.20. The monoisotopic (exact) mass is 354 g/mol. The maximum atomic E-state index is 11.7. The van der Waals surface area contributed by atoms with Crippen molar-refractivity contribution in [3.63, 3.8) is 0 Å². The number of carboxylic acids is 1. The largest absolute Gasteiger partial charge is 0.476 e. The summed E-state index contributed by atoms with van der Waals surface area (Å²) in [4.78, 5) is 21.6. The van der Waals surface area contributed by atoms with Crippen LogP contribution in [0.1, 0.15) is 23.1 Å². The Morgan fingerprint density at radius 3 is 2.88 bits per heavy atom. The third kappa shape index (κ3) is 3.20. The standard InChI is InChI=1S/C14H18N4O5S/c1-9-6-23-4-3-17(9)11-5-10(7-24(2,21)22)18-8-15-12(14(19)20)13(18)16-11/h5,8-9H,3-4,6-7H2,1-2H3,(H,19,20). The van der Waals surface area contributed by atoms with Crippen LogP contribution in [0.15, 0.2) is 12.4 Å². The molecule has 10 heteroatoms. The lowest BCUT2D eigenvalue weighted by Gasteiger charge is -2.34. The van der Waals surface area contributed by atoms with E-state index in [1.165, 1.54) is 10.7 Å². The molecule has 2 aromatic rings. The Kier molecular flexibility index (Phi) is 4.18. The van der Waals surface area contributed by atoms with Gasteiger partial charge in [0, 0.05) is 24.6 Å². The minimum atomic E-state index is -3.31. The molecule has 2 aromatic heterocycles. The third-order valence-corrected chi connectivity index (χ3v) is 4.66. The van der Waals surface area contributed by atoms with Crippen molar-refractivity contribution in [1.29, 1.82) is 0 Å². The van der Waals surface area contributed by atoms with E-state index in [1.54, 1.807) is 6.07 Å². The highest BCUT2D eigenvalue weighted by atomic mass is 32.2. The fourth-order valence-corrected chi connectivity index (χ4v) is 3.52. The molecule has 1 aliphatic rings. The summed E-state index contributed by atoms with van der Waals surface area (Å²) in [6, 6.07) is 1.72. The van der Waals surface area contributed by atoms with Gasteiger partial charge in [-0.1, -0.05) is 0 Å². The SMILES string of the molecule is CC1COCCN1c1cc(CS(C)(=O)=O)n2cnc(C(=O)O)c2n1. The minimum Gasteiger partial charge on any atom is -0.476 e. The van der Waals surface area contributed by atoms with Gasteiger partial charge in [0.05, 0.1) is 25.0 Å². The zero-order chi connectivity index (χ0) is 17.5. The average Bonchev–Trinajstić information content (AvgIpc) is 2.90. The van der Waals surface area contributed by atoms with E-state index in [4.69, 9.17) is 4.74 Å². The van der Waals surface area contributed by atoms with Crippen LogP contribution < -0.4 is 4.90 Å². The van der Waals surface area contributed by atoms with Crippen molar-refractivity contribution >= 4 is 27.3 Å². The summed E-state index contributed by atoms with van der Waals surface area (Å²) in [6.45, 7) is 3.62. The normalized spacial score (nSPS) is 18.9. The molecule has 0 saturated carbocycles. The topological polar surface area (TPSA) is 114 Å². The smallest absolute Gasteiger partial charge is 0.358 e. The quantitative estimate of drug-likeness (QED) is 0.828. The molecule has 0 radical (unpaired) electrons. The van der Waals surface area contributed by atoms with Crippen LogP contribution >= 0.6 is 0 Å². The molecule has 1 N–H and O–H groups in total. The van der Waals surface area contributed by atoms with Crippen LogP contribution in [0.25, 0.3) is 5.65 Å². The number of nitrogens with zero attached hydrogens (tertiary/aromatic N) is 4. The van der Waals surface area contributed by atoms with Gasteiger partial charge in [0.2, 0.25) is 0 Å². The first-order valence-corrected chi connectivity index (χ1v) is 9.44. The highest BCUT2D eigenvalue weighted by Crippen LogP contribution is 2.23. The summed E-state index contributed by atoms with van der Waals surface area (Å²) in [7, 11) is -3.31. The van der Waals surface area contributed by atoms with Gasteiger partial charge in [-0.15, -0.1) is 0 Å². The number of ether oxygens (including phenoxy) is 1. The van der Waals surface area contributed by atoms with Crippen LogP contribution in [0.5, 0.6) is 0 Å². The van der Waals surface area contributed by atoms with Gasteiger partial charge in [-0.2, -0.15) is 0 Å². The first-order chi connectivity index (χ1) is 11.3. The number of morpholine rings is 1. The van der Waals surface area contributed by atoms with Crippen molar-refractivity contribution in [1.82, 2.24) is 14.4 Å². The van der Waals surface area contributed by atoms with E-state index in [9.17, 15) is 18.3 Å². The number of carboxylic acid groups (broad SMARTS) is 1. The molecule has 1 aliphatic heterocycles. The van der Waals surface area contributed by atoms with Crippen LogP contribution in [0.2, 0.25) is 0 Å². The molecule has 3 rings (SSSR count). The van der Waals surface area contributed by atoms with Crippen LogP contribution in [-0.4, -0.2) is 65.9 Å². The summed E-state index contributed by atoms with van der Waals surface area (Å²) in [5.74, 6) is -0.907. The number of anilines is 1. The fourth-order valence-electron chi connectivity index (χ4n) is 2.76. The zero-order valence-electron chi connectivity index (χ0n) is 13.3. The van der Waals surface area contributed by atoms with Crippen molar-refractivity contribution < 1.29 is 23.1 Å². The molecular weight excluding hydrogens is 336 g/mol. The summed E-state index contributed by atoms with van der Waals surface area (Å²) in [6.07, 6.45) is 2.42.